The number of halogens is 1. The summed E-state index contributed by atoms with van der Waals surface area (Å²) in [4.78, 5) is 10.9. The summed E-state index contributed by atoms with van der Waals surface area (Å²) in [7, 11) is 0. The van der Waals surface area contributed by atoms with Gasteiger partial charge >= 0.3 is 0 Å². The number of anilines is 2. The molecule has 1 heterocycles. The number of benzene rings is 2. The zero-order chi connectivity index (χ0) is 14.8. The summed E-state index contributed by atoms with van der Waals surface area (Å²) >= 11 is 6.09. The predicted molar refractivity (Wildman–Crippen MR) is 88.4 cm³/mol. The first-order chi connectivity index (χ1) is 10.2. The third-order valence-corrected chi connectivity index (χ3v) is 3.61. The average Bonchev–Trinajstić information content (AvgIpc) is 2.48. The van der Waals surface area contributed by atoms with E-state index in [1.54, 1.807) is 0 Å². The highest BCUT2D eigenvalue weighted by molar-refractivity contribution is 6.28. The molecule has 0 N–H and O–H groups in total. The Morgan fingerprint density at radius 2 is 1.86 bits per heavy atom. The predicted octanol–water partition coefficient (Wildman–Crippen LogP) is 4.75. The van der Waals surface area contributed by atoms with Crippen LogP contribution in [0.1, 0.15) is 12.5 Å². The van der Waals surface area contributed by atoms with E-state index in [1.807, 2.05) is 24.3 Å². The Labute approximate surface area is 129 Å². The molecule has 0 aliphatic carbocycles. The molecular formula is C17H16ClN3. The molecule has 4 heteroatoms. The molecule has 0 bridgehead atoms. The van der Waals surface area contributed by atoms with Crippen molar-refractivity contribution in [1.29, 1.82) is 0 Å². The lowest BCUT2D eigenvalue weighted by molar-refractivity contribution is 0.989. The van der Waals surface area contributed by atoms with Crippen LogP contribution in [0.3, 0.4) is 0 Å². The highest BCUT2D eigenvalue weighted by Crippen LogP contribution is 2.31. The van der Waals surface area contributed by atoms with Crippen LogP contribution in [0.25, 0.3) is 10.9 Å². The molecule has 1 aromatic heterocycles. The number of fused-ring (bicyclic) bond motifs is 1. The minimum absolute atomic E-state index is 0.273. The fourth-order valence-electron chi connectivity index (χ4n) is 2.49. The van der Waals surface area contributed by atoms with E-state index in [9.17, 15) is 0 Å². The lowest BCUT2D eigenvalue weighted by Gasteiger charge is -2.24. The van der Waals surface area contributed by atoms with Crippen molar-refractivity contribution >= 4 is 34.0 Å². The molecule has 0 radical (unpaired) electrons. The number of hydrogen-bond donors (Lipinski definition) is 0. The zero-order valence-electron chi connectivity index (χ0n) is 12.0. The summed E-state index contributed by atoms with van der Waals surface area (Å²) in [5, 5.41) is 1.28. The van der Waals surface area contributed by atoms with E-state index in [0.29, 0.717) is 0 Å². The van der Waals surface area contributed by atoms with Crippen LogP contribution in [0.15, 0.2) is 48.5 Å². The highest BCUT2D eigenvalue weighted by Gasteiger charge is 2.14. The van der Waals surface area contributed by atoms with Gasteiger partial charge in [0, 0.05) is 17.6 Å². The van der Waals surface area contributed by atoms with Crippen molar-refractivity contribution in [2.45, 2.75) is 13.8 Å². The SMILES string of the molecule is CCN(c1cccc(C)c1)c1nc(Cl)nc2ccccc12. The molecule has 3 nitrogen and oxygen atoms in total. The van der Waals surface area contributed by atoms with Gasteiger partial charge in [0.2, 0.25) is 5.28 Å². The summed E-state index contributed by atoms with van der Waals surface area (Å²) in [6.07, 6.45) is 0. The van der Waals surface area contributed by atoms with E-state index in [1.165, 1.54) is 5.56 Å². The lowest BCUT2D eigenvalue weighted by atomic mass is 10.2. The van der Waals surface area contributed by atoms with Crippen LogP contribution >= 0.6 is 11.6 Å². The Morgan fingerprint density at radius 1 is 1.05 bits per heavy atom. The average molecular weight is 298 g/mol. The molecule has 0 unspecified atom stereocenters. The summed E-state index contributed by atoms with van der Waals surface area (Å²) in [5.41, 5.74) is 3.19. The zero-order valence-corrected chi connectivity index (χ0v) is 12.8. The van der Waals surface area contributed by atoms with Crippen molar-refractivity contribution in [2.24, 2.45) is 0 Å². The molecule has 2 aromatic carbocycles. The van der Waals surface area contributed by atoms with Crippen LogP contribution in [0.5, 0.6) is 0 Å². The van der Waals surface area contributed by atoms with Gasteiger partial charge in [0.15, 0.2) is 0 Å². The lowest BCUT2D eigenvalue weighted by Crippen LogP contribution is -2.18. The Morgan fingerprint density at radius 3 is 2.62 bits per heavy atom. The number of hydrogen-bond acceptors (Lipinski definition) is 3. The van der Waals surface area contributed by atoms with Crippen molar-refractivity contribution in [1.82, 2.24) is 9.97 Å². The summed E-state index contributed by atoms with van der Waals surface area (Å²) in [5.74, 6) is 0.846. The molecule has 0 atom stereocenters. The molecule has 3 rings (SSSR count). The summed E-state index contributed by atoms with van der Waals surface area (Å²) in [6, 6.07) is 16.3. The molecule has 106 valence electrons. The molecule has 0 saturated carbocycles. The first-order valence-corrected chi connectivity index (χ1v) is 7.33. The van der Waals surface area contributed by atoms with E-state index >= 15 is 0 Å². The van der Waals surface area contributed by atoms with Gasteiger partial charge < -0.3 is 4.90 Å². The van der Waals surface area contributed by atoms with Crippen LogP contribution in [0.2, 0.25) is 5.28 Å². The molecule has 0 aliphatic heterocycles. The molecule has 0 aliphatic rings. The normalized spacial score (nSPS) is 10.8. The maximum Gasteiger partial charge on any atom is 0.224 e. The van der Waals surface area contributed by atoms with Crippen molar-refractivity contribution in [3.8, 4) is 0 Å². The number of rotatable bonds is 3. The highest BCUT2D eigenvalue weighted by atomic mass is 35.5. The van der Waals surface area contributed by atoms with Gasteiger partial charge in [-0.1, -0.05) is 24.3 Å². The minimum atomic E-state index is 0.273. The largest absolute Gasteiger partial charge is 0.326 e. The van der Waals surface area contributed by atoms with E-state index < -0.39 is 0 Å². The van der Waals surface area contributed by atoms with Gasteiger partial charge in [-0.05, 0) is 55.3 Å². The molecule has 0 spiro atoms. The van der Waals surface area contributed by atoms with E-state index in [-0.39, 0.29) is 5.28 Å². The quantitative estimate of drug-likeness (QED) is 0.653. The second-order valence-corrected chi connectivity index (χ2v) is 5.25. The van der Waals surface area contributed by atoms with Gasteiger partial charge in [-0.25, -0.2) is 4.98 Å². The van der Waals surface area contributed by atoms with Crippen molar-refractivity contribution in [2.75, 3.05) is 11.4 Å². The number of nitrogens with zero attached hydrogens (tertiary/aromatic N) is 3. The number of aryl methyl sites for hydroxylation is 1. The third kappa shape index (κ3) is 2.69. The monoisotopic (exact) mass is 297 g/mol. The Hall–Kier alpha value is -2.13. The fourth-order valence-corrected chi connectivity index (χ4v) is 2.66. The summed E-state index contributed by atoms with van der Waals surface area (Å²) < 4.78 is 0. The fraction of sp³-hybridized carbons (Fsp3) is 0.176. The second-order valence-electron chi connectivity index (χ2n) is 4.92. The smallest absolute Gasteiger partial charge is 0.224 e. The summed E-state index contributed by atoms with van der Waals surface area (Å²) in [6.45, 7) is 5.00. The van der Waals surface area contributed by atoms with Crippen molar-refractivity contribution < 1.29 is 0 Å². The van der Waals surface area contributed by atoms with Crippen LogP contribution in [0.4, 0.5) is 11.5 Å². The minimum Gasteiger partial charge on any atom is -0.326 e. The van der Waals surface area contributed by atoms with Gasteiger partial charge in [-0.15, -0.1) is 0 Å². The van der Waals surface area contributed by atoms with Gasteiger partial charge in [0.1, 0.15) is 5.82 Å². The number of aromatic nitrogens is 2. The van der Waals surface area contributed by atoms with Crippen LogP contribution in [0, 0.1) is 6.92 Å². The van der Waals surface area contributed by atoms with Gasteiger partial charge in [-0.3, -0.25) is 0 Å². The molecule has 0 saturated heterocycles. The second kappa shape index (κ2) is 5.70. The van der Waals surface area contributed by atoms with Crippen molar-refractivity contribution in [3.05, 3.63) is 59.4 Å². The molecular weight excluding hydrogens is 282 g/mol. The van der Waals surface area contributed by atoms with E-state index in [4.69, 9.17) is 11.6 Å². The van der Waals surface area contributed by atoms with Gasteiger partial charge in [-0.2, -0.15) is 4.98 Å². The number of para-hydroxylation sites is 1. The third-order valence-electron chi connectivity index (χ3n) is 3.44. The Kier molecular flexibility index (Phi) is 3.76. The molecule has 0 fully saturated rings. The van der Waals surface area contributed by atoms with Crippen LogP contribution < -0.4 is 4.90 Å². The standard InChI is InChI=1S/C17H16ClN3/c1-3-21(13-8-6-7-12(2)11-13)16-14-9-4-5-10-15(14)19-17(18)20-16/h4-11H,3H2,1-2H3. The topological polar surface area (TPSA) is 29.0 Å². The van der Waals surface area contributed by atoms with Gasteiger partial charge in [0.25, 0.3) is 0 Å². The first-order valence-electron chi connectivity index (χ1n) is 6.95. The van der Waals surface area contributed by atoms with Crippen molar-refractivity contribution in [3.63, 3.8) is 0 Å². The first kappa shape index (κ1) is 13.8. The Bertz CT molecular complexity index is 786. The van der Waals surface area contributed by atoms with Crippen LogP contribution in [-0.4, -0.2) is 16.5 Å². The maximum atomic E-state index is 6.09. The molecule has 21 heavy (non-hydrogen) atoms. The molecule has 3 aromatic rings. The maximum absolute atomic E-state index is 6.09. The van der Waals surface area contributed by atoms with E-state index in [0.717, 1.165) is 29.0 Å². The molecule has 0 amide bonds. The van der Waals surface area contributed by atoms with Gasteiger partial charge in [0.05, 0.1) is 5.52 Å². The van der Waals surface area contributed by atoms with E-state index in [2.05, 4.69) is 53.0 Å². The Balaban J connectivity index is 2.21. The van der Waals surface area contributed by atoms with Crippen LogP contribution in [-0.2, 0) is 0 Å².